The van der Waals surface area contributed by atoms with Gasteiger partial charge in [0, 0.05) is 16.6 Å². The van der Waals surface area contributed by atoms with Crippen molar-refractivity contribution in [3.8, 4) is 5.69 Å². The van der Waals surface area contributed by atoms with Crippen LogP contribution in [0, 0.1) is 13.8 Å². The summed E-state index contributed by atoms with van der Waals surface area (Å²) in [6, 6.07) is 9.96. The molecule has 25 heavy (non-hydrogen) atoms. The van der Waals surface area contributed by atoms with Gasteiger partial charge in [-0.1, -0.05) is 18.2 Å². The van der Waals surface area contributed by atoms with Gasteiger partial charge in [-0.2, -0.15) is 10.2 Å². The fourth-order valence-electron chi connectivity index (χ4n) is 2.56. The highest BCUT2D eigenvalue weighted by Crippen LogP contribution is 2.32. The molecule has 4 aromatic rings. The Hall–Kier alpha value is -3.06. The Kier molecular flexibility index (Phi) is 3.99. The normalized spacial score (nSPS) is 11.4. The van der Waals surface area contributed by atoms with Crippen molar-refractivity contribution < 1.29 is 0 Å². The van der Waals surface area contributed by atoms with Crippen LogP contribution in [0.4, 0.5) is 5.82 Å². The van der Waals surface area contributed by atoms with Gasteiger partial charge < -0.3 is 0 Å². The third kappa shape index (κ3) is 3.01. The van der Waals surface area contributed by atoms with E-state index in [0.29, 0.717) is 0 Å². The van der Waals surface area contributed by atoms with Gasteiger partial charge in [-0.3, -0.25) is 5.43 Å². The van der Waals surface area contributed by atoms with Gasteiger partial charge >= 0.3 is 0 Å². The molecule has 3 aromatic heterocycles. The molecule has 0 fully saturated rings. The molecule has 7 heteroatoms. The van der Waals surface area contributed by atoms with Crippen LogP contribution in [0.15, 0.2) is 54.2 Å². The van der Waals surface area contributed by atoms with Gasteiger partial charge in [0.05, 0.1) is 23.5 Å². The largest absolute Gasteiger partial charge is 0.261 e. The van der Waals surface area contributed by atoms with Crippen molar-refractivity contribution in [1.29, 1.82) is 0 Å². The number of rotatable bonds is 4. The monoisotopic (exact) mass is 348 g/mol. The molecule has 3 heterocycles. The van der Waals surface area contributed by atoms with Crippen molar-refractivity contribution in [1.82, 2.24) is 19.7 Å². The lowest BCUT2D eigenvalue weighted by Crippen LogP contribution is -1.95. The zero-order valence-corrected chi connectivity index (χ0v) is 14.7. The number of hydrazone groups is 1. The molecule has 0 saturated heterocycles. The van der Waals surface area contributed by atoms with Gasteiger partial charge in [-0.05, 0) is 31.5 Å². The predicted octanol–water partition coefficient (Wildman–Crippen LogP) is 3.94. The maximum atomic E-state index is 4.35. The molecule has 0 saturated carbocycles. The zero-order valence-electron chi connectivity index (χ0n) is 13.8. The van der Waals surface area contributed by atoms with Crippen molar-refractivity contribution in [3.63, 3.8) is 0 Å². The number of thiophene rings is 1. The van der Waals surface area contributed by atoms with Crippen LogP contribution >= 0.6 is 11.3 Å². The third-order valence-electron chi connectivity index (χ3n) is 3.97. The predicted molar refractivity (Wildman–Crippen MR) is 102 cm³/mol. The summed E-state index contributed by atoms with van der Waals surface area (Å²) in [5.74, 6) is 0.721. The highest BCUT2D eigenvalue weighted by atomic mass is 32.1. The molecule has 1 aromatic carbocycles. The Morgan fingerprint density at radius 2 is 2.00 bits per heavy atom. The van der Waals surface area contributed by atoms with E-state index in [0.717, 1.165) is 27.3 Å². The van der Waals surface area contributed by atoms with E-state index in [1.54, 1.807) is 30.1 Å². The van der Waals surface area contributed by atoms with Gasteiger partial charge in [0.25, 0.3) is 0 Å². The number of aryl methyl sites for hydroxylation is 2. The molecule has 6 nitrogen and oxygen atoms in total. The summed E-state index contributed by atoms with van der Waals surface area (Å²) in [7, 11) is 0. The maximum absolute atomic E-state index is 4.35. The average molecular weight is 348 g/mol. The molecule has 0 spiro atoms. The van der Waals surface area contributed by atoms with E-state index >= 15 is 0 Å². The van der Waals surface area contributed by atoms with E-state index in [2.05, 4.69) is 39.4 Å². The third-order valence-corrected chi connectivity index (χ3v) is 5.09. The molecule has 0 amide bonds. The van der Waals surface area contributed by atoms with Crippen LogP contribution in [0.2, 0.25) is 0 Å². The Bertz CT molecular complexity index is 1050. The van der Waals surface area contributed by atoms with Crippen LogP contribution < -0.4 is 5.43 Å². The summed E-state index contributed by atoms with van der Waals surface area (Å²) in [5.41, 5.74) is 6.13. The SMILES string of the molecule is Cc1sc2ncnc(N/N=C\c3cnn(-c4ccccc4)c3)c2c1C. The number of benzene rings is 1. The fourth-order valence-corrected chi connectivity index (χ4v) is 3.56. The number of anilines is 1. The minimum absolute atomic E-state index is 0.721. The van der Waals surface area contributed by atoms with Crippen LogP contribution in [0.1, 0.15) is 16.0 Å². The van der Waals surface area contributed by atoms with Crippen molar-refractivity contribution in [2.45, 2.75) is 13.8 Å². The molecule has 0 bridgehead atoms. The topological polar surface area (TPSA) is 68.0 Å². The second-order valence-corrected chi connectivity index (χ2v) is 6.81. The van der Waals surface area contributed by atoms with Crippen LogP contribution in [-0.4, -0.2) is 26.0 Å². The van der Waals surface area contributed by atoms with Crippen molar-refractivity contribution in [2.75, 3.05) is 5.43 Å². The lowest BCUT2D eigenvalue weighted by atomic mass is 10.2. The van der Waals surface area contributed by atoms with Gasteiger partial charge in [0.2, 0.25) is 0 Å². The van der Waals surface area contributed by atoms with Gasteiger partial charge in [0.1, 0.15) is 11.2 Å². The van der Waals surface area contributed by atoms with Crippen molar-refractivity contribution >= 4 is 33.6 Å². The second-order valence-electron chi connectivity index (χ2n) is 5.61. The first-order chi connectivity index (χ1) is 12.2. The fraction of sp³-hybridized carbons (Fsp3) is 0.111. The van der Waals surface area contributed by atoms with Gasteiger partial charge in [-0.25, -0.2) is 14.6 Å². The average Bonchev–Trinajstić information content (AvgIpc) is 3.22. The first-order valence-corrected chi connectivity index (χ1v) is 8.64. The van der Waals surface area contributed by atoms with E-state index in [1.807, 2.05) is 41.2 Å². The quantitative estimate of drug-likeness (QED) is 0.448. The second kappa shape index (κ2) is 6.45. The molecule has 1 N–H and O–H groups in total. The number of hydrogen-bond donors (Lipinski definition) is 1. The summed E-state index contributed by atoms with van der Waals surface area (Å²) in [6.45, 7) is 4.17. The molecule has 0 unspecified atom stereocenters. The van der Waals surface area contributed by atoms with E-state index in [-0.39, 0.29) is 0 Å². The lowest BCUT2D eigenvalue weighted by molar-refractivity contribution is 0.880. The molecule has 0 aliphatic rings. The van der Waals surface area contributed by atoms with Gasteiger partial charge in [-0.15, -0.1) is 11.3 Å². The molecule has 0 radical (unpaired) electrons. The van der Waals surface area contributed by atoms with Gasteiger partial charge in [0.15, 0.2) is 5.82 Å². The number of nitrogens with one attached hydrogen (secondary N) is 1. The van der Waals surface area contributed by atoms with E-state index in [4.69, 9.17) is 0 Å². The highest BCUT2D eigenvalue weighted by Gasteiger charge is 2.11. The number of hydrogen-bond acceptors (Lipinski definition) is 6. The lowest BCUT2D eigenvalue weighted by Gasteiger charge is -2.01. The van der Waals surface area contributed by atoms with Crippen molar-refractivity contribution in [3.05, 3.63) is 65.1 Å². The zero-order chi connectivity index (χ0) is 17.2. The van der Waals surface area contributed by atoms with Crippen LogP contribution in [0.5, 0.6) is 0 Å². The number of fused-ring (bicyclic) bond motifs is 1. The summed E-state index contributed by atoms with van der Waals surface area (Å²) in [4.78, 5) is 10.9. The summed E-state index contributed by atoms with van der Waals surface area (Å²) >= 11 is 1.67. The van der Waals surface area contributed by atoms with Crippen molar-refractivity contribution in [2.24, 2.45) is 5.10 Å². The Balaban J connectivity index is 1.55. The number of nitrogens with zero attached hydrogens (tertiary/aromatic N) is 5. The minimum atomic E-state index is 0.721. The van der Waals surface area contributed by atoms with Crippen LogP contribution in [0.25, 0.3) is 15.9 Å². The highest BCUT2D eigenvalue weighted by molar-refractivity contribution is 7.18. The molecule has 0 aliphatic carbocycles. The van der Waals surface area contributed by atoms with Crippen LogP contribution in [0.3, 0.4) is 0 Å². The summed E-state index contributed by atoms with van der Waals surface area (Å²) < 4.78 is 1.82. The Labute approximate surface area is 148 Å². The number of aromatic nitrogens is 4. The first-order valence-electron chi connectivity index (χ1n) is 7.82. The minimum Gasteiger partial charge on any atom is -0.261 e. The molecule has 4 rings (SSSR count). The van der Waals surface area contributed by atoms with Crippen LogP contribution in [-0.2, 0) is 0 Å². The first kappa shape index (κ1) is 15.5. The standard InChI is InChI=1S/C18H16N6S/c1-12-13(2)25-18-16(12)17(19-11-20-18)23-21-8-14-9-22-24(10-14)15-6-4-3-5-7-15/h3-11H,1-2H3,(H,19,20,23)/b21-8-. The molecular formula is C18H16N6S. The van der Waals surface area contributed by atoms with E-state index < -0.39 is 0 Å². The summed E-state index contributed by atoms with van der Waals surface area (Å²) in [6.07, 6.45) is 6.99. The molecule has 0 atom stereocenters. The molecular weight excluding hydrogens is 332 g/mol. The number of para-hydroxylation sites is 1. The van der Waals surface area contributed by atoms with E-state index in [9.17, 15) is 0 Å². The molecule has 0 aliphatic heterocycles. The Morgan fingerprint density at radius 3 is 2.84 bits per heavy atom. The summed E-state index contributed by atoms with van der Waals surface area (Å²) in [5, 5.41) is 9.69. The maximum Gasteiger partial charge on any atom is 0.158 e. The van der Waals surface area contributed by atoms with E-state index in [1.165, 1.54) is 10.4 Å². The smallest absolute Gasteiger partial charge is 0.158 e. The molecule has 124 valence electrons. The Morgan fingerprint density at radius 1 is 1.16 bits per heavy atom.